The quantitative estimate of drug-likeness (QED) is 0.557. The van der Waals surface area contributed by atoms with Crippen molar-refractivity contribution >= 4 is 34.8 Å². The molecule has 1 aliphatic heterocycles. The maximum atomic E-state index is 13.8. The van der Waals surface area contributed by atoms with Crippen LogP contribution in [0.3, 0.4) is 0 Å². The Morgan fingerprint density at radius 3 is 2.85 bits per heavy atom. The van der Waals surface area contributed by atoms with Crippen LogP contribution in [0.4, 0.5) is 23.9 Å². The highest BCUT2D eigenvalue weighted by Gasteiger charge is 2.36. The molecule has 1 aliphatic rings. The van der Waals surface area contributed by atoms with E-state index in [-0.39, 0.29) is 39.5 Å². The summed E-state index contributed by atoms with van der Waals surface area (Å²) in [6, 6.07) is 0.0239. The molecule has 2 aromatic rings. The maximum absolute atomic E-state index is 13.8. The number of ether oxygens (including phenoxy) is 1. The molecule has 0 spiro atoms. The number of nitrogens with one attached hydrogen (secondary N) is 3. The first-order chi connectivity index (χ1) is 15.6. The second-order valence-electron chi connectivity index (χ2n) is 7.52. The Kier molecular flexibility index (Phi) is 7.65. The number of nitrogens with zero attached hydrogens (tertiary/aromatic N) is 3. The predicted octanol–water partition coefficient (Wildman–Crippen LogP) is 4.53. The molecule has 8 nitrogen and oxygen atoms in total. The number of aromatic amines is 1. The van der Waals surface area contributed by atoms with Crippen molar-refractivity contribution in [2.75, 3.05) is 32.6 Å². The highest BCUT2D eigenvalue weighted by molar-refractivity contribution is 6.48. The van der Waals surface area contributed by atoms with Crippen molar-refractivity contribution in [2.45, 2.75) is 25.1 Å². The largest absolute Gasteiger partial charge is 0.453 e. The first-order valence-corrected chi connectivity index (χ1v) is 10.5. The molecule has 3 heterocycles. The van der Waals surface area contributed by atoms with Gasteiger partial charge in [-0.3, -0.25) is 5.32 Å². The molecule has 33 heavy (non-hydrogen) atoms. The highest BCUT2D eigenvalue weighted by atomic mass is 35.5. The first kappa shape index (κ1) is 24.6. The summed E-state index contributed by atoms with van der Waals surface area (Å²) in [6.45, 7) is 5.40. The Morgan fingerprint density at radius 2 is 2.21 bits per heavy atom. The Bertz CT molecular complexity index is 1050. The van der Waals surface area contributed by atoms with Gasteiger partial charge in [0, 0.05) is 42.3 Å². The van der Waals surface area contributed by atoms with E-state index in [2.05, 4.69) is 41.8 Å². The molecular weight excluding hydrogens is 461 g/mol. The van der Waals surface area contributed by atoms with Crippen LogP contribution in [0.5, 0.6) is 0 Å². The average molecular weight is 485 g/mol. The van der Waals surface area contributed by atoms with Crippen molar-refractivity contribution in [1.82, 2.24) is 25.2 Å². The number of anilines is 1. The molecule has 3 N–H and O–H groups in total. The Morgan fingerprint density at radius 1 is 1.45 bits per heavy atom. The number of aromatic nitrogens is 3. The zero-order valence-electron chi connectivity index (χ0n) is 18.1. The monoisotopic (exact) mass is 484 g/mol. The predicted molar refractivity (Wildman–Crippen MR) is 120 cm³/mol. The van der Waals surface area contributed by atoms with Gasteiger partial charge in [0.05, 0.1) is 23.5 Å². The number of piperidine rings is 1. The summed E-state index contributed by atoms with van der Waals surface area (Å²) in [6.07, 6.45) is 1.05. The molecule has 0 aliphatic carbocycles. The zero-order chi connectivity index (χ0) is 24.2. The minimum atomic E-state index is -4.68. The average Bonchev–Trinajstić information content (AvgIpc) is 3.20. The number of amides is 1. The summed E-state index contributed by atoms with van der Waals surface area (Å²) in [5.41, 5.74) is -0.617. The summed E-state index contributed by atoms with van der Waals surface area (Å²) in [5, 5.41) is 5.47. The van der Waals surface area contributed by atoms with Gasteiger partial charge in [0.2, 0.25) is 5.95 Å². The molecular formula is C21H24ClF3N6O2. The Balaban J connectivity index is 2.02. The molecule has 2 aromatic heterocycles. The van der Waals surface area contributed by atoms with Crippen LogP contribution in [0.25, 0.3) is 22.4 Å². The summed E-state index contributed by atoms with van der Waals surface area (Å²) in [4.78, 5) is 24.4. The van der Waals surface area contributed by atoms with Crippen molar-refractivity contribution in [3.63, 3.8) is 0 Å². The summed E-state index contributed by atoms with van der Waals surface area (Å²) in [5.74, 6) is 0.102. The fraction of sp³-hybridized carbons (Fsp3) is 0.381. The maximum Gasteiger partial charge on any atom is 0.419 e. The van der Waals surface area contributed by atoms with Gasteiger partial charge in [0.25, 0.3) is 0 Å². The normalized spacial score (nSPS) is 17.5. The van der Waals surface area contributed by atoms with E-state index in [0.29, 0.717) is 0 Å². The van der Waals surface area contributed by atoms with Gasteiger partial charge < -0.3 is 19.9 Å². The third-order valence-electron chi connectivity index (χ3n) is 5.17. The molecule has 1 amide bonds. The van der Waals surface area contributed by atoms with Crippen LogP contribution in [0.15, 0.2) is 25.2 Å². The molecule has 0 bridgehead atoms. The topological polar surface area (TPSA) is 95.2 Å². The molecule has 0 aromatic carbocycles. The number of alkyl carbamates (subject to hydrolysis) is 1. The summed E-state index contributed by atoms with van der Waals surface area (Å²) in [7, 11) is 3.17. The number of hydrogen-bond donors (Lipinski definition) is 3. The zero-order valence-corrected chi connectivity index (χ0v) is 18.8. The van der Waals surface area contributed by atoms with E-state index in [4.69, 9.17) is 11.6 Å². The fourth-order valence-electron chi connectivity index (χ4n) is 3.62. The van der Waals surface area contributed by atoms with Gasteiger partial charge in [-0.2, -0.15) is 13.2 Å². The fourth-order valence-corrected chi connectivity index (χ4v) is 3.84. The van der Waals surface area contributed by atoms with E-state index < -0.39 is 17.8 Å². The van der Waals surface area contributed by atoms with Crippen molar-refractivity contribution in [3.8, 4) is 11.3 Å². The van der Waals surface area contributed by atoms with Gasteiger partial charge in [-0.1, -0.05) is 24.3 Å². The van der Waals surface area contributed by atoms with Crippen LogP contribution >= 0.6 is 11.6 Å². The number of likely N-dealkylation sites (N-methyl/N-ethyl adjacent to an activating group) is 1. The number of methoxy groups -OCH3 is 1. The van der Waals surface area contributed by atoms with Gasteiger partial charge in [-0.15, -0.1) is 0 Å². The third-order valence-corrected chi connectivity index (χ3v) is 5.47. The smallest absolute Gasteiger partial charge is 0.419 e. The third kappa shape index (κ3) is 5.85. The molecule has 178 valence electrons. The molecule has 3 rings (SSSR count). The lowest BCUT2D eigenvalue weighted by atomic mass is 10.0. The minimum absolute atomic E-state index is 0.0239. The van der Waals surface area contributed by atoms with E-state index in [9.17, 15) is 18.0 Å². The molecule has 12 heteroatoms. The van der Waals surface area contributed by atoms with Crippen LogP contribution in [-0.4, -0.2) is 59.2 Å². The number of halogens is 4. The lowest BCUT2D eigenvalue weighted by Gasteiger charge is -2.30. The minimum Gasteiger partial charge on any atom is -0.453 e. The summed E-state index contributed by atoms with van der Waals surface area (Å²) < 4.78 is 45.8. The molecule has 1 saturated heterocycles. The number of alkyl halides is 3. The highest BCUT2D eigenvalue weighted by Crippen LogP contribution is 2.39. The first-order valence-electron chi connectivity index (χ1n) is 10.1. The van der Waals surface area contributed by atoms with Gasteiger partial charge in [0.1, 0.15) is 5.56 Å². The standard InChI is InChI=1S/C21H24ClF3N6O2/c1-4-13-14(8-26-18(13)16(22)10-28-20(32)33-3)17-15(21(23,24)25)9-27-19(30-17)29-12-6-5-7-31(2)11-12/h4,8-10,12,26H,1,5-7,11H2,2-3H3,(H,28,32)(H,27,29,30)/b16-10-. The van der Waals surface area contributed by atoms with Crippen molar-refractivity contribution in [2.24, 2.45) is 0 Å². The van der Waals surface area contributed by atoms with Gasteiger partial charge in [-0.25, -0.2) is 14.8 Å². The van der Waals surface area contributed by atoms with Crippen molar-refractivity contribution in [1.29, 1.82) is 0 Å². The Labute approximate surface area is 193 Å². The molecule has 0 radical (unpaired) electrons. The van der Waals surface area contributed by atoms with Crippen LogP contribution in [0.1, 0.15) is 29.7 Å². The van der Waals surface area contributed by atoms with Gasteiger partial charge in [0.15, 0.2) is 0 Å². The van der Waals surface area contributed by atoms with Crippen molar-refractivity contribution < 1.29 is 22.7 Å². The number of carbonyl (C=O) groups excluding carboxylic acids is 1. The van der Waals surface area contributed by atoms with Gasteiger partial charge in [-0.05, 0) is 26.4 Å². The van der Waals surface area contributed by atoms with Crippen LogP contribution < -0.4 is 10.6 Å². The number of H-pyrrole nitrogens is 1. The molecule has 1 fully saturated rings. The molecule has 0 saturated carbocycles. The van der Waals surface area contributed by atoms with Crippen LogP contribution in [0.2, 0.25) is 0 Å². The lowest BCUT2D eigenvalue weighted by molar-refractivity contribution is -0.137. The second-order valence-corrected chi connectivity index (χ2v) is 7.93. The van der Waals surface area contributed by atoms with Crippen LogP contribution in [-0.2, 0) is 10.9 Å². The van der Waals surface area contributed by atoms with E-state index in [1.807, 2.05) is 7.05 Å². The SMILES string of the molecule is C=Cc1c(-c2nc(NC3CCCN(C)C3)ncc2C(F)(F)F)c[nH]c1/C(Cl)=C/NC(=O)OC. The van der Waals surface area contributed by atoms with Gasteiger partial charge >= 0.3 is 12.3 Å². The lowest BCUT2D eigenvalue weighted by Crippen LogP contribution is -2.40. The number of carbonyl (C=O) groups is 1. The van der Waals surface area contributed by atoms with E-state index in [1.165, 1.54) is 19.4 Å². The van der Waals surface area contributed by atoms with E-state index >= 15 is 0 Å². The van der Waals surface area contributed by atoms with Crippen LogP contribution in [0, 0.1) is 0 Å². The molecule has 1 unspecified atom stereocenters. The summed E-state index contributed by atoms with van der Waals surface area (Å²) >= 11 is 6.24. The molecule has 1 atom stereocenters. The Hall–Kier alpha value is -3.05. The van der Waals surface area contributed by atoms with E-state index in [1.54, 1.807) is 0 Å². The number of rotatable bonds is 6. The van der Waals surface area contributed by atoms with E-state index in [0.717, 1.165) is 38.3 Å². The van der Waals surface area contributed by atoms with Crippen molar-refractivity contribution in [3.05, 3.63) is 42.0 Å². The second kappa shape index (κ2) is 10.3. The number of likely N-dealkylation sites (tertiary alicyclic amines) is 1. The number of hydrogen-bond acceptors (Lipinski definition) is 6.